The van der Waals surface area contributed by atoms with Gasteiger partial charge in [-0.05, 0) is 23.8 Å². The van der Waals surface area contributed by atoms with Gasteiger partial charge in [-0.2, -0.15) is 0 Å². The molecule has 0 unspecified atom stereocenters. The molecular weight excluding hydrogens is 298 g/mol. The van der Waals surface area contributed by atoms with Gasteiger partial charge in [-0.25, -0.2) is 13.2 Å². The van der Waals surface area contributed by atoms with E-state index < -0.39 is 17.5 Å². The predicted octanol–water partition coefficient (Wildman–Crippen LogP) is 5.02. The van der Waals surface area contributed by atoms with Crippen LogP contribution in [0.4, 0.5) is 18.9 Å². The second-order valence-electron chi connectivity index (χ2n) is 3.88. The van der Waals surface area contributed by atoms with Crippen LogP contribution in [-0.4, -0.2) is 0 Å². The molecule has 0 bridgehead atoms. The zero-order chi connectivity index (χ0) is 14.0. The maximum absolute atomic E-state index is 13.4. The van der Waals surface area contributed by atoms with Gasteiger partial charge in [0, 0.05) is 28.7 Å². The number of hydrogen-bond donors (Lipinski definition) is 1. The van der Waals surface area contributed by atoms with Gasteiger partial charge in [-0.3, -0.25) is 0 Å². The van der Waals surface area contributed by atoms with Crippen LogP contribution in [0, 0.1) is 17.5 Å². The average Bonchev–Trinajstić information content (AvgIpc) is 2.31. The molecule has 0 spiro atoms. The minimum Gasteiger partial charge on any atom is -0.379 e. The molecule has 0 aliphatic heterocycles. The second-order valence-corrected chi connectivity index (χ2v) is 4.75. The lowest BCUT2D eigenvalue weighted by Crippen LogP contribution is -2.03. The van der Waals surface area contributed by atoms with Crippen LogP contribution in [0.15, 0.2) is 30.3 Å². The van der Waals surface area contributed by atoms with Gasteiger partial charge < -0.3 is 5.32 Å². The van der Waals surface area contributed by atoms with E-state index in [0.717, 1.165) is 6.07 Å². The number of anilines is 1. The van der Waals surface area contributed by atoms with Crippen molar-refractivity contribution in [3.05, 3.63) is 63.4 Å². The van der Waals surface area contributed by atoms with E-state index in [1.54, 1.807) is 18.2 Å². The average molecular weight is 306 g/mol. The number of nitrogens with one attached hydrogen (secondary N) is 1. The third-order valence-electron chi connectivity index (χ3n) is 2.42. The van der Waals surface area contributed by atoms with Crippen molar-refractivity contribution in [3.8, 4) is 0 Å². The molecular formula is C13H8Cl2F3N. The summed E-state index contributed by atoms with van der Waals surface area (Å²) in [6.07, 6.45) is 0. The molecule has 100 valence electrons. The fraction of sp³-hybridized carbons (Fsp3) is 0.0769. The highest BCUT2D eigenvalue weighted by molar-refractivity contribution is 6.34. The summed E-state index contributed by atoms with van der Waals surface area (Å²) in [5.74, 6) is -3.21. The Bertz CT molecular complexity index is 597. The van der Waals surface area contributed by atoms with Crippen molar-refractivity contribution in [2.24, 2.45) is 0 Å². The van der Waals surface area contributed by atoms with E-state index in [-0.39, 0.29) is 12.2 Å². The number of rotatable bonds is 3. The molecule has 19 heavy (non-hydrogen) atoms. The molecule has 0 saturated heterocycles. The molecule has 0 aliphatic rings. The first-order chi connectivity index (χ1) is 8.95. The lowest BCUT2D eigenvalue weighted by molar-refractivity contribution is 0.496. The highest BCUT2D eigenvalue weighted by Gasteiger charge is 2.09. The van der Waals surface area contributed by atoms with E-state index in [1.165, 1.54) is 0 Å². The van der Waals surface area contributed by atoms with Gasteiger partial charge in [0.25, 0.3) is 0 Å². The SMILES string of the molecule is Fc1cc(F)c(NCc2cc(Cl)cc(Cl)c2)cc1F. The first-order valence-corrected chi connectivity index (χ1v) is 6.04. The van der Waals surface area contributed by atoms with Gasteiger partial charge in [0.2, 0.25) is 0 Å². The van der Waals surface area contributed by atoms with E-state index in [2.05, 4.69) is 5.32 Å². The Hall–Kier alpha value is -1.39. The predicted molar refractivity (Wildman–Crippen MR) is 70.1 cm³/mol. The van der Waals surface area contributed by atoms with Crippen LogP contribution in [0.2, 0.25) is 10.0 Å². The summed E-state index contributed by atoms with van der Waals surface area (Å²) in [6.45, 7) is 0.183. The molecule has 6 heteroatoms. The van der Waals surface area contributed by atoms with Crippen molar-refractivity contribution < 1.29 is 13.2 Å². The van der Waals surface area contributed by atoms with E-state index in [9.17, 15) is 13.2 Å². The Kier molecular flexibility index (Phi) is 4.22. The van der Waals surface area contributed by atoms with Gasteiger partial charge in [-0.1, -0.05) is 23.2 Å². The van der Waals surface area contributed by atoms with Crippen molar-refractivity contribution >= 4 is 28.9 Å². The Morgan fingerprint density at radius 3 is 2.00 bits per heavy atom. The van der Waals surface area contributed by atoms with Crippen LogP contribution in [0.1, 0.15) is 5.56 Å². The van der Waals surface area contributed by atoms with Gasteiger partial charge in [0.05, 0.1) is 5.69 Å². The molecule has 2 rings (SSSR count). The molecule has 0 fully saturated rings. The van der Waals surface area contributed by atoms with Gasteiger partial charge >= 0.3 is 0 Å². The number of halogens is 5. The van der Waals surface area contributed by atoms with Crippen molar-refractivity contribution in [2.75, 3.05) is 5.32 Å². The molecule has 0 atom stereocenters. The molecule has 0 radical (unpaired) electrons. The minimum absolute atomic E-state index is 0.130. The largest absolute Gasteiger partial charge is 0.379 e. The Morgan fingerprint density at radius 1 is 0.789 bits per heavy atom. The van der Waals surface area contributed by atoms with Gasteiger partial charge in [0.1, 0.15) is 5.82 Å². The van der Waals surface area contributed by atoms with Gasteiger partial charge in [-0.15, -0.1) is 0 Å². The zero-order valence-electron chi connectivity index (χ0n) is 9.48. The van der Waals surface area contributed by atoms with Crippen molar-refractivity contribution in [1.82, 2.24) is 0 Å². The fourth-order valence-corrected chi connectivity index (χ4v) is 2.14. The summed E-state index contributed by atoms with van der Waals surface area (Å²) < 4.78 is 39.1. The van der Waals surface area contributed by atoms with Crippen molar-refractivity contribution in [1.29, 1.82) is 0 Å². The number of benzene rings is 2. The Labute approximate surface area is 118 Å². The van der Waals surface area contributed by atoms with Crippen LogP contribution >= 0.6 is 23.2 Å². The third-order valence-corrected chi connectivity index (χ3v) is 2.85. The zero-order valence-corrected chi connectivity index (χ0v) is 11.0. The summed E-state index contributed by atoms with van der Waals surface area (Å²) in [5, 5.41) is 3.53. The van der Waals surface area contributed by atoms with E-state index in [4.69, 9.17) is 23.2 Å². The molecule has 1 N–H and O–H groups in total. The Morgan fingerprint density at radius 2 is 1.37 bits per heavy atom. The maximum atomic E-state index is 13.4. The van der Waals surface area contributed by atoms with Gasteiger partial charge in [0.15, 0.2) is 11.6 Å². The number of hydrogen-bond acceptors (Lipinski definition) is 1. The third kappa shape index (κ3) is 3.55. The molecule has 0 heterocycles. The lowest BCUT2D eigenvalue weighted by Gasteiger charge is -2.09. The molecule has 2 aromatic carbocycles. The normalized spacial score (nSPS) is 10.6. The molecule has 0 amide bonds. The van der Waals surface area contributed by atoms with Crippen LogP contribution in [-0.2, 0) is 6.54 Å². The summed E-state index contributed by atoms with van der Waals surface area (Å²) in [6, 6.07) is 6.08. The molecule has 0 saturated carbocycles. The summed E-state index contributed by atoms with van der Waals surface area (Å²) in [5.41, 5.74) is 0.566. The summed E-state index contributed by atoms with van der Waals surface area (Å²) in [4.78, 5) is 0. The minimum atomic E-state index is -1.23. The lowest BCUT2D eigenvalue weighted by atomic mass is 10.2. The van der Waals surface area contributed by atoms with Crippen LogP contribution in [0.3, 0.4) is 0 Å². The fourth-order valence-electron chi connectivity index (χ4n) is 1.57. The topological polar surface area (TPSA) is 12.0 Å². The second kappa shape index (κ2) is 5.72. The highest BCUT2D eigenvalue weighted by Crippen LogP contribution is 2.22. The van der Waals surface area contributed by atoms with Crippen LogP contribution in [0.25, 0.3) is 0 Å². The quantitative estimate of drug-likeness (QED) is 0.785. The highest BCUT2D eigenvalue weighted by atomic mass is 35.5. The molecule has 0 aliphatic carbocycles. The first-order valence-electron chi connectivity index (χ1n) is 5.29. The van der Waals surface area contributed by atoms with E-state index >= 15 is 0 Å². The summed E-state index contributed by atoms with van der Waals surface area (Å²) >= 11 is 11.6. The van der Waals surface area contributed by atoms with E-state index in [0.29, 0.717) is 21.7 Å². The first kappa shape index (κ1) is 14.0. The standard InChI is InChI=1S/C13H8Cl2F3N/c14-8-1-7(2-9(15)3-8)6-19-13-5-11(17)10(16)4-12(13)18/h1-5,19H,6H2. The smallest absolute Gasteiger partial charge is 0.161 e. The van der Waals surface area contributed by atoms with E-state index in [1.807, 2.05) is 0 Å². The van der Waals surface area contributed by atoms with Crippen LogP contribution < -0.4 is 5.32 Å². The molecule has 2 aromatic rings. The monoisotopic (exact) mass is 305 g/mol. The Balaban J connectivity index is 2.16. The molecule has 1 nitrogen and oxygen atoms in total. The molecule has 0 aromatic heterocycles. The van der Waals surface area contributed by atoms with Crippen LogP contribution in [0.5, 0.6) is 0 Å². The van der Waals surface area contributed by atoms with Crippen molar-refractivity contribution in [3.63, 3.8) is 0 Å². The summed E-state index contributed by atoms with van der Waals surface area (Å²) in [7, 11) is 0. The van der Waals surface area contributed by atoms with Crippen molar-refractivity contribution in [2.45, 2.75) is 6.54 Å². The maximum Gasteiger partial charge on any atom is 0.161 e.